The molecule has 4 nitrogen and oxygen atoms in total. The smallest absolute Gasteiger partial charge is 0.149 e. The molecule has 1 aromatic rings. The number of halogens is 1. The van der Waals surface area contributed by atoms with Crippen LogP contribution in [0.2, 0.25) is 0 Å². The molecule has 0 spiro atoms. The molecule has 1 fully saturated rings. The first kappa shape index (κ1) is 16.3. The maximum absolute atomic E-state index is 4.91. The van der Waals surface area contributed by atoms with E-state index in [0.29, 0.717) is 6.04 Å². The van der Waals surface area contributed by atoms with Crippen LogP contribution in [0.3, 0.4) is 0 Å². The molecular formula is C14H23IN4S. The topological polar surface area (TPSA) is 41.1 Å². The number of thioether (sulfide) groups is 1. The first-order valence-corrected chi connectivity index (χ1v) is 9.11. The number of hydrogen-bond donors (Lipinski definition) is 1. The van der Waals surface area contributed by atoms with Crippen LogP contribution in [0.25, 0.3) is 0 Å². The van der Waals surface area contributed by atoms with Gasteiger partial charge in [0, 0.05) is 30.5 Å². The van der Waals surface area contributed by atoms with Crippen LogP contribution in [0.5, 0.6) is 0 Å². The minimum atomic E-state index is 0.0280. The number of nitrogens with zero attached hydrogens (tertiary/aromatic N) is 3. The summed E-state index contributed by atoms with van der Waals surface area (Å²) in [6.07, 6.45) is 0. The molecule has 1 aromatic heterocycles. The van der Waals surface area contributed by atoms with Gasteiger partial charge in [0.05, 0.1) is 15.3 Å². The monoisotopic (exact) mass is 406 g/mol. The van der Waals surface area contributed by atoms with Gasteiger partial charge in [-0.3, -0.25) is 4.90 Å². The highest BCUT2D eigenvalue weighted by Gasteiger charge is 2.28. The van der Waals surface area contributed by atoms with Crippen molar-refractivity contribution < 1.29 is 0 Å². The van der Waals surface area contributed by atoms with Crippen molar-refractivity contribution in [2.45, 2.75) is 32.2 Å². The molecule has 112 valence electrons. The molecule has 1 aliphatic heterocycles. The van der Waals surface area contributed by atoms with Gasteiger partial charge in [-0.05, 0) is 29.6 Å². The third-order valence-corrected chi connectivity index (χ3v) is 5.55. The third-order valence-electron chi connectivity index (χ3n) is 3.51. The fraction of sp³-hybridized carbons (Fsp3) is 0.714. The lowest BCUT2D eigenvalue weighted by Gasteiger charge is -2.32. The minimum absolute atomic E-state index is 0.0280. The Morgan fingerprint density at radius 1 is 1.35 bits per heavy atom. The Hall–Kier alpha value is -0.0800. The average molecular weight is 406 g/mol. The Labute approximate surface area is 139 Å². The summed E-state index contributed by atoms with van der Waals surface area (Å²) in [5.74, 6) is 4.17. The Kier molecular flexibility index (Phi) is 5.18. The van der Waals surface area contributed by atoms with Gasteiger partial charge in [0.15, 0.2) is 0 Å². The third kappa shape index (κ3) is 3.39. The van der Waals surface area contributed by atoms with Crippen LogP contribution in [0.1, 0.15) is 38.3 Å². The van der Waals surface area contributed by atoms with E-state index in [-0.39, 0.29) is 5.41 Å². The zero-order valence-electron chi connectivity index (χ0n) is 12.8. The predicted octanol–water partition coefficient (Wildman–Crippen LogP) is 3.14. The van der Waals surface area contributed by atoms with Crippen molar-refractivity contribution in [2.75, 3.05) is 37.5 Å². The minimum Gasteiger partial charge on any atom is -0.372 e. The molecule has 0 aromatic carbocycles. The maximum Gasteiger partial charge on any atom is 0.149 e. The SMILES string of the molecule is CNc1nc(C2CSCCN2C)nc(C(C)(C)C)c1I. The van der Waals surface area contributed by atoms with Gasteiger partial charge in [-0.15, -0.1) is 0 Å². The molecule has 6 heteroatoms. The van der Waals surface area contributed by atoms with E-state index in [1.54, 1.807) is 0 Å². The Bertz CT molecular complexity index is 487. The summed E-state index contributed by atoms with van der Waals surface area (Å²) in [4.78, 5) is 12.0. The summed E-state index contributed by atoms with van der Waals surface area (Å²) in [6.45, 7) is 7.73. The van der Waals surface area contributed by atoms with Crippen molar-refractivity contribution in [3.05, 3.63) is 15.1 Å². The van der Waals surface area contributed by atoms with Crippen LogP contribution in [-0.2, 0) is 5.41 Å². The van der Waals surface area contributed by atoms with Crippen LogP contribution in [0, 0.1) is 3.57 Å². The average Bonchev–Trinajstić information content (AvgIpc) is 2.38. The summed E-state index contributed by atoms with van der Waals surface area (Å²) in [5, 5.41) is 3.22. The standard InChI is InChI=1S/C14H23IN4S/c1-14(2,3)11-10(15)13(16-4)18-12(17-11)9-8-20-7-6-19(9)5/h9H,6-8H2,1-5H3,(H,16,17,18). The molecule has 2 heterocycles. The summed E-state index contributed by atoms with van der Waals surface area (Å²) < 4.78 is 1.13. The molecule has 0 aliphatic carbocycles. The van der Waals surface area contributed by atoms with Crippen molar-refractivity contribution in [3.8, 4) is 0 Å². The van der Waals surface area contributed by atoms with Gasteiger partial charge in [-0.25, -0.2) is 9.97 Å². The molecule has 0 amide bonds. The van der Waals surface area contributed by atoms with Gasteiger partial charge in [0.25, 0.3) is 0 Å². The lowest BCUT2D eigenvalue weighted by molar-refractivity contribution is 0.263. The highest BCUT2D eigenvalue weighted by atomic mass is 127. The molecule has 0 radical (unpaired) electrons. The lowest BCUT2D eigenvalue weighted by atomic mass is 9.91. The molecular weight excluding hydrogens is 383 g/mol. The van der Waals surface area contributed by atoms with E-state index >= 15 is 0 Å². The summed E-state index contributed by atoms with van der Waals surface area (Å²) >= 11 is 4.34. The Morgan fingerprint density at radius 3 is 2.60 bits per heavy atom. The first-order valence-electron chi connectivity index (χ1n) is 6.88. The van der Waals surface area contributed by atoms with Crippen LogP contribution in [0.15, 0.2) is 0 Å². The molecule has 2 rings (SSSR count). The zero-order valence-corrected chi connectivity index (χ0v) is 15.8. The van der Waals surface area contributed by atoms with E-state index in [9.17, 15) is 0 Å². The molecule has 1 atom stereocenters. The molecule has 1 aliphatic rings. The highest BCUT2D eigenvalue weighted by molar-refractivity contribution is 14.1. The molecule has 1 unspecified atom stereocenters. The number of rotatable bonds is 2. The molecule has 0 saturated carbocycles. The molecule has 1 saturated heterocycles. The van der Waals surface area contributed by atoms with Gasteiger partial charge in [0.1, 0.15) is 11.6 Å². The van der Waals surface area contributed by atoms with Crippen molar-refractivity contribution in [1.29, 1.82) is 0 Å². The fourth-order valence-electron chi connectivity index (χ4n) is 2.23. The second-order valence-electron chi connectivity index (χ2n) is 6.16. The first-order chi connectivity index (χ1) is 9.34. The van der Waals surface area contributed by atoms with Gasteiger partial charge in [-0.1, -0.05) is 20.8 Å². The van der Waals surface area contributed by atoms with Gasteiger partial charge in [0.2, 0.25) is 0 Å². The quantitative estimate of drug-likeness (QED) is 0.765. The van der Waals surface area contributed by atoms with Crippen LogP contribution in [0.4, 0.5) is 5.82 Å². The number of anilines is 1. The Morgan fingerprint density at radius 2 is 2.05 bits per heavy atom. The highest BCUT2D eigenvalue weighted by Crippen LogP contribution is 2.33. The van der Waals surface area contributed by atoms with Crippen molar-refractivity contribution in [3.63, 3.8) is 0 Å². The van der Waals surface area contributed by atoms with E-state index in [0.717, 1.165) is 33.2 Å². The van der Waals surface area contributed by atoms with Crippen molar-refractivity contribution in [2.24, 2.45) is 0 Å². The van der Waals surface area contributed by atoms with E-state index in [2.05, 4.69) is 60.6 Å². The lowest BCUT2D eigenvalue weighted by Crippen LogP contribution is -2.34. The molecule has 1 N–H and O–H groups in total. The number of hydrogen-bond acceptors (Lipinski definition) is 5. The normalized spacial score (nSPS) is 21.0. The van der Waals surface area contributed by atoms with E-state index in [1.807, 2.05) is 18.8 Å². The van der Waals surface area contributed by atoms with Crippen molar-refractivity contribution in [1.82, 2.24) is 14.9 Å². The molecule has 20 heavy (non-hydrogen) atoms. The van der Waals surface area contributed by atoms with Crippen LogP contribution >= 0.6 is 34.4 Å². The fourth-order valence-corrected chi connectivity index (χ4v) is 4.76. The van der Waals surface area contributed by atoms with E-state index in [1.165, 1.54) is 5.75 Å². The second-order valence-corrected chi connectivity index (χ2v) is 8.39. The number of nitrogens with one attached hydrogen (secondary N) is 1. The predicted molar refractivity (Wildman–Crippen MR) is 95.7 cm³/mol. The number of aromatic nitrogens is 2. The molecule has 0 bridgehead atoms. The van der Waals surface area contributed by atoms with Crippen LogP contribution < -0.4 is 5.32 Å². The van der Waals surface area contributed by atoms with Crippen LogP contribution in [-0.4, -0.2) is 47.0 Å². The summed E-state index contributed by atoms with van der Waals surface area (Å²) in [7, 11) is 4.10. The zero-order chi connectivity index (χ0) is 14.9. The van der Waals surface area contributed by atoms with Crippen molar-refractivity contribution >= 4 is 40.2 Å². The van der Waals surface area contributed by atoms with Gasteiger partial charge < -0.3 is 5.32 Å². The van der Waals surface area contributed by atoms with E-state index < -0.39 is 0 Å². The summed E-state index contributed by atoms with van der Waals surface area (Å²) in [5.41, 5.74) is 1.16. The Balaban J connectivity index is 2.48. The maximum atomic E-state index is 4.91. The largest absolute Gasteiger partial charge is 0.372 e. The second kappa shape index (κ2) is 6.36. The van der Waals surface area contributed by atoms with Gasteiger partial charge in [-0.2, -0.15) is 11.8 Å². The van der Waals surface area contributed by atoms with E-state index in [4.69, 9.17) is 9.97 Å². The van der Waals surface area contributed by atoms with Gasteiger partial charge >= 0.3 is 0 Å². The summed E-state index contributed by atoms with van der Waals surface area (Å²) in [6, 6.07) is 0.318.